The van der Waals surface area contributed by atoms with Gasteiger partial charge in [0.1, 0.15) is 0 Å². The molecule has 0 aromatic heterocycles. The number of rotatable bonds is 1. The van der Waals surface area contributed by atoms with Gasteiger partial charge in [0, 0.05) is 11.3 Å². The molecule has 3 aliphatic heterocycles. The lowest BCUT2D eigenvalue weighted by molar-refractivity contribution is 0.286. The summed E-state index contributed by atoms with van der Waals surface area (Å²) >= 11 is 1.27. The van der Waals surface area contributed by atoms with Crippen LogP contribution in [0, 0.1) is 5.41 Å². The van der Waals surface area contributed by atoms with E-state index in [-0.39, 0.29) is 40.3 Å². The SMILES string of the molecule is N=C1S[C@H]2CS(=O)(=O)C[C@H]2N1[C@H]1CCS(=O)(=O)C1. The molecule has 0 spiro atoms. The minimum absolute atomic E-state index is 0.0548. The fraction of sp³-hybridized carbons (Fsp3) is 0.889. The first-order valence-corrected chi connectivity index (χ1v) is 10.2. The van der Waals surface area contributed by atoms with Crippen molar-refractivity contribution < 1.29 is 16.8 Å². The van der Waals surface area contributed by atoms with Crippen LogP contribution in [0.25, 0.3) is 0 Å². The van der Waals surface area contributed by atoms with Crippen molar-refractivity contribution in [1.29, 1.82) is 5.41 Å². The Hall–Kier alpha value is -0.280. The molecule has 3 saturated heterocycles. The highest BCUT2D eigenvalue weighted by molar-refractivity contribution is 8.15. The molecule has 3 aliphatic rings. The minimum atomic E-state index is -3.03. The van der Waals surface area contributed by atoms with Gasteiger partial charge in [0.15, 0.2) is 24.8 Å². The van der Waals surface area contributed by atoms with Gasteiger partial charge in [-0.1, -0.05) is 11.8 Å². The van der Waals surface area contributed by atoms with Gasteiger partial charge in [0.05, 0.1) is 29.1 Å². The second-order valence-electron chi connectivity index (χ2n) is 5.07. The summed E-state index contributed by atoms with van der Waals surface area (Å²) in [5.74, 6) is 0.375. The highest BCUT2D eigenvalue weighted by Gasteiger charge is 2.51. The molecule has 3 fully saturated rings. The standard InChI is InChI=1S/C9H14N2O4S3/c10-9-11(6-1-2-17(12,13)3-6)7-4-18(14,15)5-8(7)16-9/h6-8,10H,1-5H2/t6-,7+,8-/m0/s1. The van der Waals surface area contributed by atoms with Crippen molar-refractivity contribution in [3.63, 3.8) is 0 Å². The molecular weight excluding hydrogens is 296 g/mol. The Morgan fingerprint density at radius 3 is 2.44 bits per heavy atom. The van der Waals surface area contributed by atoms with E-state index in [4.69, 9.17) is 5.41 Å². The summed E-state index contributed by atoms with van der Waals surface area (Å²) in [5, 5.41) is 8.17. The van der Waals surface area contributed by atoms with Crippen LogP contribution in [0.15, 0.2) is 0 Å². The van der Waals surface area contributed by atoms with Crippen LogP contribution in [0.4, 0.5) is 0 Å². The molecule has 1 N–H and O–H groups in total. The molecule has 0 aliphatic carbocycles. The van der Waals surface area contributed by atoms with Gasteiger partial charge in [-0.05, 0) is 6.42 Å². The van der Waals surface area contributed by atoms with E-state index in [1.54, 1.807) is 4.90 Å². The highest BCUT2D eigenvalue weighted by atomic mass is 32.2. The Balaban J connectivity index is 1.86. The smallest absolute Gasteiger partial charge is 0.157 e. The number of nitrogens with zero attached hydrogens (tertiary/aromatic N) is 1. The Bertz CT molecular complexity index is 597. The van der Waals surface area contributed by atoms with Crippen molar-refractivity contribution in [3.05, 3.63) is 0 Å². The molecule has 3 heterocycles. The molecule has 0 radical (unpaired) electrons. The third-order valence-electron chi connectivity index (χ3n) is 3.73. The predicted molar refractivity (Wildman–Crippen MR) is 70.4 cm³/mol. The Morgan fingerprint density at radius 2 is 1.83 bits per heavy atom. The maximum absolute atomic E-state index is 11.6. The van der Waals surface area contributed by atoms with Crippen LogP contribution in [-0.4, -0.2) is 67.2 Å². The molecule has 0 aromatic carbocycles. The molecule has 0 aromatic rings. The molecule has 0 bridgehead atoms. The van der Waals surface area contributed by atoms with Crippen LogP contribution in [0.2, 0.25) is 0 Å². The summed E-state index contributed by atoms with van der Waals surface area (Å²) < 4.78 is 46.2. The number of thioether (sulfide) groups is 1. The van der Waals surface area contributed by atoms with Crippen LogP contribution in [0.3, 0.4) is 0 Å². The van der Waals surface area contributed by atoms with Crippen molar-refractivity contribution in [2.75, 3.05) is 23.0 Å². The second kappa shape index (κ2) is 3.86. The van der Waals surface area contributed by atoms with Crippen molar-refractivity contribution in [2.24, 2.45) is 0 Å². The van der Waals surface area contributed by atoms with Crippen molar-refractivity contribution in [1.82, 2.24) is 4.90 Å². The molecule has 3 rings (SSSR count). The quantitative estimate of drug-likeness (QED) is 0.689. The van der Waals surface area contributed by atoms with E-state index >= 15 is 0 Å². The zero-order chi connectivity index (χ0) is 13.1. The normalized spacial score (nSPS) is 41.2. The average molecular weight is 310 g/mol. The van der Waals surface area contributed by atoms with Crippen molar-refractivity contribution >= 4 is 36.6 Å². The fourth-order valence-electron chi connectivity index (χ4n) is 2.96. The van der Waals surface area contributed by atoms with E-state index in [0.29, 0.717) is 11.6 Å². The van der Waals surface area contributed by atoms with Gasteiger partial charge < -0.3 is 4.90 Å². The van der Waals surface area contributed by atoms with Gasteiger partial charge in [0.25, 0.3) is 0 Å². The number of amidine groups is 1. The van der Waals surface area contributed by atoms with E-state index in [1.807, 2.05) is 0 Å². The fourth-order valence-corrected chi connectivity index (χ4v) is 8.53. The van der Waals surface area contributed by atoms with E-state index in [2.05, 4.69) is 0 Å². The number of nitrogens with one attached hydrogen (secondary N) is 1. The van der Waals surface area contributed by atoms with Crippen LogP contribution in [-0.2, 0) is 19.7 Å². The number of hydrogen-bond acceptors (Lipinski definition) is 6. The molecule has 18 heavy (non-hydrogen) atoms. The van der Waals surface area contributed by atoms with Crippen LogP contribution < -0.4 is 0 Å². The monoisotopic (exact) mass is 310 g/mol. The van der Waals surface area contributed by atoms with Gasteiger partial charge >= 0.3 is 0 Å². The first kappa shape index (κ1) is 12.7. The van der Waals surface area contributed by atoms with E-state index in [9.17, 15) is 16.8 Å². The maximum Gasteiger partial charge on any atom is 0.157 e. The van der Waals surface area contributed by atoms with Gasteiger partial charge in [-0.15, -0.1) is 0 Å². The topological polar surface area (TPSA) is 95.4 Å². The second-order valence-corrected chi connectivity index (χ2v) is 10.7. The van der Waals surface area contributed by atoms with Crippen LogP contribution in [0.5, 0.6) is 0 Å². The predicted octanol–water partition coefficient (Wildman–Crippen LogP) is -0.677. The number of hydrogen-bond donors (Lipinski definition) is 1. The molecular formula is C9H14N2O4S3. The summed E-state index contributed by atoms with van der Waals surface area (Å²) in [6.07, 6.45) is 0.508. The molecule has 0 unspecified atom stereocenters. The first-order valence-electron chi connectivity index (χ1n) is 5.72. The molecule has 0 saturated carbocycles. The van der Waals surface area contributed by atoms with Crippen LogP contribution >= 0.6 is 11.8 Å². The summed E-state index contributed by atoms with van der Waals surface area (Å²) in [6.45, 7) is 0. The Morgan fingerprint density at radius 1 is 1.11 bits per heavy atom. The largest absolute Gasteiger partial charge is 0.342 e. The molecule has 3 atom stereocenters. The first-order chi connectivity index (χ1) is 8.27. The number of fused-ring (bicyclic) bond motifs is 1. The van der Waals surface area contributed by atoms with Gasteiger partial charge in [-0.25, -0.2) is 16.8 Å². The van der Waals surface area contributed by atoms with Gasteiger partial charge in [-0.3, -0.25) is 5.41 Å². The molecule has 9 heteroatoms. The van der Waals surface area contributed by atoms with Gasteiger partial charge in [0.2, 0.25) is 0 Å². The maximum atomic E-state index is 11.6. The summed E-state index contributed by atoms with van der Waals surface area (Å²) in [6, 6.07) is -0.413. The summed E-state index contributed by atoms with van der Waals surface area (Å²) in [7, 11) is -6.04. The zero-order valence-corrected chi connectivity index (χ0v) is 12.0. The summed E-state index contributed by atoms with van der Waals surface area (Å²) in [4.78, 5) is 1.74. The van der Waals surface area contributed by atoms with Crippen molar-refractivity contribution in [2.45, 2.75) is 23.8 Å². The van der Waals surface area contributed by atoms with E-state index < -0.39 is 19.7 Å². The Labute approximate surface area is 110 Å². The lowest BCUT2D eigenvalue weighted by atomic mass is 10.1. The third kappa shape index (κ3) is 2.05. The average Bonchev–Trinajstić information content (AvgIpc) is 2.75. The lowest BCUT2D eigenvalue weighted by Gasteiger charge is -2.29. The van der Waals surface area contributed by atoms with E-state index in [0.717, 1.165) is 0 Å². The Kier molecular flexibility index (Phi) is 2.73. The van der Waals surface area contributed by atoms with Gasteiger partial charge in [-0.2, -0.15) is 0 Å². The highest BCUT2D eigenvalue weighted by Crippen LogP contribution is 2.40. The molecule has 6 nitrogen and oxygen atoms in total. The third-order valence-corrected chi connectivity index (χ3v) is 8.62. The minimum Gasteiger partial charge on any atom is -0.342 e. The van der Waals surface area contributed by atoms with Crippen LogP contribution in [0.1, 0.15) is 6.42 Å². The molecule has 102 valence electrons. The number of sulfone groups is 2. The summed E-state index contributed by atoms with van der Waals surface area (Å²) in [5.41, 5.74) is 0. The zero-order valence-electron chi connectivity index (χ0n) is 9.57. The molecule has 0 amide bonds. The van der Waals surface area contributed by atoms with E-state index in [1.165, 1.54) is 11.8 Å². The lowest BCUT2D eigenvalue weighted by Crippen LogP contribution is -2.45. The van der Waals surface area contributed by atoms with Crippen molar-refractivity contribution in [3.8, 4) is 0 Å².